The maximum Gasteiger partial charge on any atom is 0.0629 e. The molecule has 2 nitrogen and oxygen atoms in total. The van der Waals surface area contributed by atoms with Gasteiger partial charge in [-0.1, -0.05) is 11.6 Å². The molecule has 0 spiro atoms. The molecule has 0 aromatic carbocycles. The number of aromatic nitrogens is 1. The molecule has 1 aliphatic rings. The number of nitrogens with zero attached hydrogens (tertiary/aromatic N) is 1. The predicted octanol–water partition coefficient (Wildman–Crippen LogP) is 1.85. The van der Waals surface area contributed by atoms with Crippen LogP contribution in [0.1, 0.15) is 18.5 Å². The van der Waals surface area contributed by atoms with E-state index in [0.717, 1.165) is 18.8 Å². The van der Waals surface area contributed by atoms with Gasteiger partial charge in [0.15, 0.2) is 0 Å². The molecule has 0 aliphatic carbocycles. The van der Waals surface area contributed by atoms with E-state index in [-0.39, 0.29) is 0 Å². The fourth-order valence-corrected chi connectivity index (χ4v) is 1.57. The van der Waals surface area contributed by atoms with Crippen LogP contribution in [0.2, 0.25) is 0 Å². The van der Waals surface area contributed by atoms with E-state index in [9.17, 15) is 0 Å². The second-order valence-electron chi connectivity index (χ2n) is 3.34. The molecule has 2 heteroatoms. The van der Waals surface area contributed by atoms with Crippen LogP contribution in [0, 0.1) is 0 Å². The van der Waals surface area contributed by atoms with Crippen LogP contribution in [0.15, 0.2) is 30.0 Å². The van der Waals surface area contributed by atoms with Crippen molar-refractivity contribution in [3.63, 3.8) is 0 Å². The molecule has 13 heavy (non-hydrogen) atoms. The van der Waals surface area contributed by atoms with E-state index in [1.807, 2.05) is 24.4 Å². The third kappa shape index (κ3) is 2.39. The SMILES string of the molecule is C(=C1CCCNC1)c1ccccn1. The highest BCUT2D eigenvalue weighted by Crippen LogP contribution is 2.11. The summed E-state index contributed by atoms with van der Waals surface area (Å²) in [4.78, 5) is 4.27. The summed E-state index contributed by atoms with van der Waals surface area (Å²) in [6, 6.07) is 6.01. The largest absolute Gasteiger partial charge is 0.313 e. The molecule has 1 fully saturated rings. The fourth-order valence-electron chi connectivity index (χ4n) is 1.57. The maximum absolute atomic E-state index is 4.27. The van der Waals surface area contributed by atoms with Crippen molar-refractivity contribution in [2.45, 2.75) is 12.8 Å². The Balaban J connectivity index is 2.10. The van der Waals surface area contributed by atoms with E-state index in [1.165, 1.54) is 18.4 Å². The van der Waals surface area contributed by atoms with Crippen molar-refractivity contribution in [2.75, 3.05) is 13.1 Å². The second-order valence-corrected chi connectivity index (χ2v) is 3.34. The van der Waals surface area contributed by atoms with Crippen molar-refractivity contribution < 1.29 is 0 Å². The summed E-state index contributed by atoms with van der Waals surface area (Å²) < 4.78 is 0. The molecule has 2 heterocycles. The molecular formula is C11H14N2. The summed E-state index contributed by atoms with van der Waals surface area (Å²) in [5, 5.41) is 3.36. The standard InChI is InChI=1S/C11H14N2/c1-2-7-13-11(5-1)8-10-4-3-6-12-9-10/h1-2,5,7-8,12H,3-4,6,9H2. The molecule has 0 unspecified atom stereocenters. The van der Waals surface area contributed by atoms with E-state index in [2.05, 4.69) is 16.4 Å². The van der Waals surface area contributed by atoms with Crippen LogP contribution in [0.4, 0.5) is 0 Å². The maximum atomic E-state index is 4.27. The van der Waals surface area contributed by atoms with Crippen molar-refractivity contribution in [1.82, 2.24) is 10.3 Å². The van der Waals surface area contributed by atoms with Crippen molar-refractivity contribution >= 4 is 6.08 Å². The van der Waals surface area contributed by atoms with Crippen molar-refractivity contribution in [1.29, 1.82) is 0 Å². The summed E-state index contributed by atoms with van der Waals surface area (Å²) in [6.07, 6.45) is 6.48. The molecule has 2 rings (SSSR count). The first-order chi connectivity index (χ1) is 6.45. The average molecular weight is 174 g/mol. The Morgan fingerprint density at radius 2 is 2.38 bits per heavy atom. The van der Waals surface area contributed by atoms with Gasteiger partial charge >= 0.3 is 0 Å². The van der Waals surface area contributed by atoms with E-state index in [4.69, 9.17) is 0 Å². The number of rotatable bonds is 1. The molecule has 1 aromatic heterocycles. The molecule has 0 atom stereocenters. The van der Waals surface area contributed by atoms with Crippen LogP contribution in [0.5, 0.6) is 0 Å². The zero-order valence-electron chi connectivity index (χ0n) is 7.66. The molecule has 1 aliphatic heterocycles. The Hall–Kier alpha value is -1.15. The Bertz CT molecular complexity index is 282. The Labute approximate surface area is 78.7 Å². The van der Waals surface area contributed by atoms with Crippen molar-refractivity contribution in [3.05, 3.63) is 35.7 Å². The quantitative estimate of drug-likeness (QED) is 0.702. The number of hydrogen-bond acceptors (Lipinski definition) is 2. The minimum atomic E-state index is 1.02. The van der Waals surface area contributed by atoms with E-state index >= 15 is 0 Å². The summed E-state index contributed by atoms with van der Waals surface area (Å²) in [6.45, 7) is 2.18. The number of hydrogen-bond donors (Lipinski definition) is 1. The van der Waals surface area contributed by atoms with Gasteiger partial charge in [-0.2, -0.15) is 0 Å². The third-order valence-corrected chi connectivity index (χ3v) is 2.24. The van der Waals surface area contributed by atoms with Crippen LogP contribution in [-0.4, -0.2) is 18.1 Å². The molecule has 0 saturated carbocycles. The highest BCUT2D eigenvalue weighted by Gasteiger charge is 2.03. The van der Waals surface area contributed by atoms with E-state index < -0.39 is 0 Å². The Kier molecular flexibility index (Phi) is 2.72. The van der Waals surface area contributed by atoms with Gasteiger partial charge in [0.05, 0.1) is 5.69 Å². The summed E-state index contributed by atoms with van der Waals surface area (Å²) in [7, 11) is 0. The summed E-state index contributed by atoms with van der Waals surface area (Å²) in [5.41, 5.74) is 2.53. The predicted molar refractivity (Wildman–Crippen MR) is 54.3 cm³/mol. The molecule has 1 aromatic rings. The molecule has 1 N–H and O–H groups in total. The van der Waals surface area contributed by atoms with Gasteiger partial charge in [0, 0.05) is 12.7 Å². The zero-order chi connectivity index (χ0) is 8.93. The van der Waals surface area contributed by atoms with Crippen molar-refractivity contribution in [3.8, 4) is 0 Å². The fraction of sp³-hybridized carbons (Fsp3) is 0.364. The zero-order valence-corrected chi connectivity index (χ0v) is 7.66. The lowest BCUT2D eigenvalue weighted by Crippen LogP contribution is -2.23. The molecule has 0 radical (unpaired) electrons. The average Bonchev–Trinajstić information content (AvgIpc) is 2.21. The van der Waals surface area contributed by atoms with Crippen LogP contribution in [0.25, 0.3) is 6.08 Å². The first-order valence-corrected chi connectivity index (χ1v) is 4.76. The van der Waals surface area contributed by atoms with Gasteiger partial charge in [-0.25, -0.2) is 0 Å². The highest BCUT2D eigenvalue weighted by atomic mass is 14.9. The molecule has 1 saturated heterocycles. The summed E-state index contributed by atoms with van der Waals surface area (Å²) in [5.74, 6) is 0. The second kappa shape index (κ2) is 4.19. The topological polar surface area (TPSA) is 24.9 Å². The van der Waals surface area contributed by atoms with Gasteiger partial charge in [-0.05, 0) is 37.6 Å². The Morgan fingerprint density at radius 1 is 1.38 bits per heavy atom. The van der Waals surface area contributed by atoms with Crippen LogP contribution in [-0.2, 0) is 0 Å². The van der Waals surface area contributed by atoms with Gasteiger partial charge in [-0.3, -0.25) is 4.98 Å². The van der Waals surface area contributed by atoms with E-state index in [0.29, 0.717) is 0 Å². The smallest absolute Gasteiger partial charge is 0.0629 e. The minimum Gasteiger partial charge on any atom is -0.313 e. The minimum absolute atomic E-state index is 1.02. The van der Waals surface area contributed by atoms with Gasteiger partial charge in [0.1, 0.15) is 0 Å². The molecule has 68 valence electrons. The number of pyridine rings is 1. The lowest BCUT2D eigenvalue weighted by molar-refractivity contribution is 0.613. The number of piperidine rings is 1. The first kappa shape index (κ1) is 8.45. The van der Waals surface area contributed by atoms with Crippen LogP contribution >= 0.6 is 0 Å². The molecule has 0 amide bonds. The lowest BCUT2D eigenvalue weighted by atomic mass is 10.1. The monoisotopic (exact) mass is 174 g/mol. The highest BCUT2D eigenvalue weighted by molar-refractivity contribution is 5.49. The lowest BCUT2D eigenvalue weighted by Gasteiger charge is -2.14. The summed E-state index contributed by atoms with van der Waals surface area (Å²) >= 11 is 0. The number of nitrogens with one attached hydrogen (secondary N) is 1. The van der Waals surface area contributed by atoms with Gasteiger partial charge in [0.2, 0.25) is 0 Å². The van der Waals surface area contributed by atoms with Gasteiger partial charge < -0.3 is 5.32 Å². The molecule has 0 bridgehead atoms. The van der Waals surface area contributed by atoms with Gasteiger partial charge in [-0.15, -0.1) is 0 Å². The van der Waals surface area contributed by atoms with Crippen LogP contribution in [0.3, 0.4) is 0 Å². The van der Waals surface area contributed by atoms with Gasteiger partial charge in [0.25, 0.3) is 0 Å². The van der Waals surface area contributed by atoms with Crippen LogP contribution < -0.4 is 5.32 Å². The van der Waals surface area contributed by atoms with Crippen molar-refractivity contribution in [2.24, 2.45) is 0 Å². The third-order valence-electron chi connectivity index (χ3n) is 2.24. The molecular weight excluding hydrogens is 160 g/mol. The normalized spacial score (nSPS) is 20.5. The first-order valence-electron chi connectivity index (χ1n) is 4.76. The van der Waals surface area contributed by atoms with E-state index in [1.54, 1.807) is 0 Å². The Morgan fingerprint density at radius 3 is 3.08 bits per heavy atom.